The van der Waals surface area contributed by atoms with Crippen molar-refractivity contribution in [2.75, 3.05) is 24.8 Å². The SMILES string of the molecule is CCCCCN1C(=O)C2(COc3cc4c(cc32)OCO4)c2c(-c3cccc(Cl)c3)cccc21. The molecule has 6 rings (SSSR count). The molecule has 1 unspecified atom stereocenters. The Morgan fingerprint density at radius 3 is 2.61 bits per heavy atom. The highest BCUT2D eigenvalue weighted by Gasteiger charge is 2.58. The lowest BCUT2D eigenvalue weighted by atomic mass is 9.74. The van der Waals surface area contributed by atoms with Crippen LogP contribution in [0, 0.1) is 0 Å². The van der Waals surface area contributed by atoms with Crippen molar-refractivity contribution in [3.63, 3.8) is 0 Å². The monoisotopic (exact) mass is 461 g/mol. The van der Waals surface area contributed by atoms with E-state index in [1.165, 1.54) is 0 Å². The third-order valence-corrected chi connectivity index (χ3v) is 7.11. The maximum Gasteiger partial charge on any atom is 0.245 e. The number of nitrogens with zero attached hydrogens (tertiary/aromatic N) is 1. The molecule has 1 atom stereocenters. The lowest BCUT2D eigenvalue weighted by Gasteiger charge is -2.24. The topological polar surface area (TPSA) is 48.0 Å². The van der Waals surface area contributed by atoms with Gasteiger partial charge in [0.25, 0.3) is 0 Å². The molecule has 0 aliphatic carbocycles. The molecule has 33 heavy (non-hydrogen) atoms. The van der Waals surface area contributed by atoms with Gasteiger partial charge in [-0.25, -0.2) is 0 Å². The first kappa shape index (κ1) is 20.4. The van der Waals surface area contributed by atoms with Gasteiger partial charge < -0.3 is 19.1 Å². The summed E-state index contributed by atoms with van der Waals surface area (Å²) in [5, 5.41) is 0.662. The van der Waals surface area contributed by atoms with Crippen molar-refractivity contribution in [1.82, 2.24) is 0 Å². The Bertz CT molecular complexity index is 1270. The summed E-state index contributed by atoms with van der Waals surface area (Å²) >= 11 is 6.35. The van der Waals surface area contributed by atoms with Crippen molar-refractivity contribution in [3.05, 3.63) is 70.7 Å². The van der Waals surface area contributed by atoms with Crippen LogP contribution in [-0.2, 0) is 10.2 Å². The van der Waals surface area contributed by atoms with E-state index >= 15 is 0 Å². The Hall–Kier alpha value is -3.18. The Kier molecular flexibility index (Phi) is 4.77. The molecule has 0 N–H and O–H groups in total. The number of carbonyl (C=O) groups excluding carboxylic acids is 1. The summed E-state index contributed by atoms with van der Waals surface area (Å²) in [7, 11) is 0. The molecule has 0 saturated heterocycles. The minimum Gasteiger partial charge on any atom is -0.491 e. The van der Waals surface area contributed by atoms with E-state index in [2.05, 4.69) is 13.0 Å². The fourth-order valence-electron chi connectivity index (χ4n) is 5.32. The van der Waals surface area contributed by atoms with Crippen LogP contribution >= 0.6 is 11.6 Å². The quantitative estimate of drug-likeness (QED) is 0.440. The number of hydrogen-bond acceptors (Lipinski definition) is 4. The maximum atomic E-state index is 14.2. The van der Waals surface area contributed by atoms with Gasteiger partial charge in [0.1, 0.15) is 17.8 Å². The molecule has 3 aliphatic heterocycles. The van der Waals surface area contributed by atoms with E-state index in [1.807, 2.05) is 53.4 Å². The van der Waals surface area contributed by atoms with Crippen LogP contribution in [0.4, 0.5) is 5.69 Å². The third-order valence-electron chi connectivity index (χ3n) is 6.87. The smallest absolute Gasteiger partial charge is 0.245 e. The molecule has 0 saturated carbocycles. The molecule has 3 aromatic rings. The molecule has 1 amide bonds. The van der Waals surface area contributed by atoms with E-state index < -0.39 is 5.41 Å². The second-order valence-electron chi connectivity index (χ2n) is 8.77. The average molecular weight is 462 g/mol. The highest BCUT2D eigenvalue weighted by molar-refractivity contribution is 6.30. The summed E-state index contributed by atoms with van der Waals surface area (Å²) in [4.78, 5) is 16.2. The van der Waals surface area contributed by atoms with Crippen molar-refractivity contribution in [2.45, 2.75) is 31.6 Å². The normalized spacial score (nSPS) is 19.7. The summed E-state index contributed by atoms with van der Waals surface area (Å²) in [5.74, 6) is 2.03. The van der Waals surface area contributed by atoms with Crippen molar-refractivity contribution >= 4 is 23.2 Å². The summed E-state index contributed by atoms with van der Waals surface area (Å²) in [6.45, 7) is 3.27. The van der Waals surface area contributed by atoms with E-state index in [1.54, 1.807) is 0 Å². The molecule has 5 nitrogen and oxygen atoms in total. The molecular weight excluding hydrogens is 438 g/mol. The van der Waals surface area contributed by atoms with Gasteiger partial charge in [0.15, 0.2) is 11.5 Å². The largest absolute Gasteiger partial charge is 0.491 e. The van der Waals surface area contributed by atoms with Gasteiger partial charge in [-0.05, 0) is 41.8 Å². The van der Waals surface area contributed by atoms with Gasteiger partial charge in [0.2, 0.25) is 12.7 Å². The first-order chi connectivity index (χ1) is 16.1. The van der Waals surface area contributed by atoms with E-state index in [4.69, 9.17) is 25.8 Å². The number of anilines is 1. The van der Waals surface area contributed by atoms with Crippen LogP contribution in [0.2, 0.25) is 5.02 Å². The van der Waals surface area contributed by atoms with Crippen LogP contribution in [0.3, 0.4) is 0 Å². The number of amides is 1. The predicted octanol–water partition coefficient (Wildman–Crippen LogP) is 5.95. The van der Waals surface area contributed by atoms with Crippen LogP contribution in [0.1, 0.15) is 37.3 Å². The molecule has 0 radical (unpaired) electrons. The van der Waals surface area contributed by atoms with Crippen LogP contribution in [0.25, 0.3) is 11.1 Å². The Balaban J connectivity index is 1.59. The number of hydrogen-bond donors (Lipinski definition) is 0. The summed E-state index contributed by atoms with van der Waals surface area (Å²) in [6, 6.07) is 17.7. The van der Waals surface area contributed by atoms with Crippen LogP contribution in [0.15, 0.2) is 54.6 Å². The summed E-state index contributed by atoms with van der Waals surface area (Å²) in [5.41, 5.74) is 3.81. The second-order valence-corrected chi connectivity index (χ2v) is 9.21. The van der Waals surface area contributed by atoms with Crippen molar-refractivity contribution in [3.8, 4) is 28.4 Å². The Morgan fingerprint density at radius 2 is 1.79 bits per heavy atom. The highest BCUT2D eigenvalue weighted by atomic mass is 35.5. The lowest BCUT2D eigenvalue weighted by Crippen LogP contribution is -2.43. The first-order valence-corrected chi connectivity index (χ1v) is 11.8. The van der Waals surface area contributed by atoms with Gasteiger partial charge in [0.05, 0.1) is 0 Å². The number of unbranched alkanes of at least 4 members (excludes halogenated alkanes) is 2. The van der Waals surface area contributed by atoms with E-state index in [0.29, 0.717) is 28.8 Å². The summed E-state index contributed by atoms with van der Waals surface area (Å²) < 4.78 is 17.4. The van der Waals surface area contributed by atoms with E-state index in [-0.39, 0.29) is 19.3 Å². The molecule has 3 aromatic carbocycles. The van der Waals surface area contributed by atoms with Crippen molar-refractivity contribution in [2.24, 2.45) is 0 Å². The van der Waals surface area contributed by atoms with Crippen LogP contribution < -0.4 is 19.1 Å². The van der Waals surface area contributed by atoms with Crippen molar-refractivity contribution < 1.29 is 19.0 Å². The average Bonchev–Trinajstić information content (AvgIpc) is 3.50. The molecule has 6 heteroatoms. The van der Waals surface area contributed by atoms with Gasteiger partial charge in [-0.2, -0.15) is 0 Å². The molecule has 0 bridgehead atoms. The third kappa shape index (κ3) is 2.95. The molecule has 3 aliphatic rings. The number of benzene rings is 3. The fraction of sp³-hybridized carbons (Fsp3) is 0.296. The first-order valence-electron chi connectivity index (χ1n) is 11.4. The second kappa shape index (κ2) is 7.70. The molecule has 0 aromatic heterocycles. The van der Waals surface area contributed by atoms with E-state index in [0.717, 1.165) is 47.2 Å². The van der Waals surface area contributed by atoms with Crippen LogP contribution in [-0.4, -0.2) is 25.9 Å². The number of halogens is 1. The Labute approximate surface area is 197 Å². The minimum absolute atomic E-state index is 0.0562. The van der Waals surface area contributed by atoms with Crippen molar-refractivity contribution in [1.29, 1.82) is 0 Å². The van der Waals surface area contributed by atoms with Gasteiger partial charge in [-0.3, -0.25) is 4.79 Å². The lowest BCUT2D eigenvalue weighted by molar-refractivity contribution is -0.122. The fourth-order valence-corrected chi connectivity index (χ4v) is 5.51. The summed E-state index contributed by atoms with van der Waals surface area (Å²) in [6.07, 6.45) is 3.12. The van der Waals surface area contributed by atoms with Gasteiger partial charge in [-0.15, -0.1) is 0 Å². The number of ether oxygens (including phenoxy) is 3. The number of rotatable bonds is 5. The van der Waals surface area contributed by atoms with Gasteiger partial charge >= 0.3 is 0 Å². The maximum absolute atomic E-state index is 14.2. The van der Waals surface area contributed by atoms with Crippen LogP contribution in [0.5, 0.6) is 17.2 Å². The molecule has 1 spiro atoms. The highest BCUT2D eigenvalue weighted by Crippen LogP contribution is 2.57. The number of fused-ring (bicyclic) bond motifs is 5. The zero-order valence-electron chi connectivity index (χ0n) is 18.4. The minimum atomic E-state index is -0.934. The Morgan fingerprint density at radius 1 is 0.970 bits per heavy atom. The predicted molar refractivity (Wildman–Crippen MR) is 128 cm³/mol. The zero-order valence-corrected chi connectivity index (χ0v) is 19.2. The zero-order chi connectivity index (χ0) is 22.6. The van der Waals surface area contributed by atoms with E-state index in [9.17, 15) is 4.79 Å². The van der Waals surface area contributed by atoms with Gasteiger partial charge in [-0.1, -0.05) is 55.6 Å². The number of carbonyl (C=O) groups is 1. The standard InChI is InChI=1S/C27H24ClNO4/c1-2-3-4-11-29-21-10-6-9-19(17-7-5-8-18(28)12-17)25(21)27(26(29)30)15-31-22-14-24-23(13-20(22)27)32-16-33-24/h5-10,12-14H,2-4,11,15-16H2,1H3. The molecule has 0 fully saturated rings. The van der Waals surface area contributed by atoms with Gasteiger partial charge in [0, 0.05) is 34.4 Å². The molecule has 168 valence electrons. The molecular formula is C27H24ClNO4. The molecule has 3 heterocycles.